The molecule has 0 saturated carbocycles. The van der Waals surface area contributed by atoms with Gasteiger partial charge in [0, 0.05) is 44.4 Å². The minimum absolute atomic E-state index is 0.0311. The molecule has 1 N–H and O–H groups in total. The van der Waals surface area contributed by atoms with Gasteiger partial charge in [0.1, 0.15) is 17.8 Å². The normalized spacial score (nSPS) is 21.0. The molecule has 6 nitrogen and oxygen atoms in total. The molecule has 2 atom stereocenters. The van der Waals surface area contributed by atoms with Crippen molar-refractivity contribution < 1.29 is 13.6 Å². The summed E-state index contributed by atoms with van der Waals surface area (Å²) >= 11 is 0. The summed E-state index contributed by atoms with van der Waals surface area (Å²) in [5.74, 6) is 1.41. The molecule has 1 saturated heterocycles. The molecule has 24 heavy (non-hydrogen) atoms. The summed E-state index contributed by atoms with van der Waals surface area (Å²) in [6, 6.07) is 5.37. The summed E-state index contributed by atoms with van der Waals surface area (Å²) in [4.78, 5) is 22.3. The summed E-state index contributed by atoms with van der Waals surface area (Å²) in [5.41, 5.74) is 0. The molecule has 1 aliphatic rings. The van der Waals surface area contributed by atoms with E-state index in [4.69, 9.17) is 4.42 Å². The van der Waals surface area contributed by atoms with E-state index in [2.05, 4.69) is 15.3 Å². The standard InChI is InChI=1S/C17H21FN4O2/c18-13-9-14(22(11-13)12-16-19-6-2-7-20-16)10-21-17(23)5-4-15-3-1-8-24-15/h1-3,6-8,13-14H,4-5,9-12H2,(H,21,23)/t13-,14-/m0/s1. The van der Waals surface area contributed by atoms with Gasteiger partial charge in [0.25, 0.3) is 0 Å². The lowest BCUT2D eigenvalue weighted by molar-refractivity contribution is -0.121. The van der Waals surface area contributed by atoms with Gasteiger partial charge in [-0.25, -0.2) is 14.4 Å². The van der Waals surface area contributed by atoms with Gasteiger partial charge in [-0.05, 0) is 24.6 Å². The highest BCUT2D eigenvalue weighted by Crippen LogP contribution is 2.21. The number of carbonyl (C=O) groups excluding carboxylic acids is 1. The first-order chi connectivity index (χ1) is 11.7. The Morgan fingerprint density at radius 3 is 2.96 bits per heavy atom. The Balaban J connectivity index is 1.46. The molecule has 3 heterocycles. The summed E-state index contributed by atoms with van der Waals surface area (Å²) in [7, 11) is 0. The number of furan rings is 1. The molecular formula is C17H21FN4O2. The predicted octanol–water partition coefficient (Wildman–Crippen LogP) is 1.73. The maximum atomic E-state index is 13.8. The highest BCUT2D eigenvalue weighted by molar-refractivity contribution is 5.76. The van der Waals surface area contributed by atoms with E-state index in [0.717, 1.165) is 5.76 Å². The minimum Gasteiger partial charge on any atom is -0.469 e. The highest BCUT2D eigenvalue weighted by atomic mass is 19.1. The van der Waals surface area contributed by atoms with Crippen molar-refractivity contribution in [2.75, 3.05) is 13.1 Å². The summed E-state index contributed by atoms with van der Waals surface area (Å²) in [5, 5.41) is 2.89. The first kappa shape index (κ1) is 16.6. The number of hydrogen-bond acceptors (Lipinski definition) is 5. The molecule has 0 aliphatic carbocycles. The van der Waals surface area contributed by atoms with Gasteiger partial charge >= 0.3 is 0 Å². The van der Waals surface area contributed by atoms with Crippen LogP contribution in [0.25, 0.3) is 0 Å². The number of nitrogens with zero attached hydrogens (tertiary/aromatic N) is 3. The molecule has 0 aromatic carbocycles. The van der Waals surface area contributed by atoms with Crippen LogP contribution in [0, 0.1) is 0 Å². The summed E-state index contributed by atoms with van der Waals surface area (Å²) in [6.07, 6.45) is 5.42. The largest absolute Gasteiger partial charge is 0.469 e. The van der Waals surface area contributed by atoms with Crippen molar-refractivity contribution in [2.45, 2.75) is 38.0 Å². The topological polar surface area (TPSA) is 71.3 Å². The molecule has 7 heteroatoms. The molecule has 0 radical (unpaired) electrons. The zero-order valence-electron chi connectivity index (χ0n) is 13.4. The molecule has 0 spiro atoms. The number of halogens is 1. The van der Waals surface area contributed by atoms with Crippen LogP contribution in [0.3, 0.4) is 0 Å². The van der Waals surface area contributed by atoms with Crippen LogP contribution in [0.15, 0.2) is 41.3 Å². The van der Waals surface area contributed by atoms with Crippen molar-refractivity contribution in [3.05, 3.63) is 48.4 Å². The Labute approximate surface area is 140 Å². The van der Waals surface area contributed by atoms with Crippen LogP contribution in [-0.4, -0.2) is 46.1 Å². The molecule has 2 aromatic heterocycles. The molecular weight excluding hydrogens is 311 g/mol. The zero-order chi connectivity index (χ0) is 16.8. The fraction of sp³-hybridized carbons (Fsp3) is 0.471. The lowest BCUT2D eigenvalue weighted by atomic mass is 10.2. The lowest BCUT2D eigenvalue weighted by Crippen LogP contribution is -2.40. The van der Waals surface area contributed by atoms with Crippen molar-refractivity contribution in [3.63, 3.8) is 0 Å². The van der Waals surface area contributed by atoms with Crippen LogP contribution in [0.1, 0.15) is 24.4 Å². The van der Waals surface area contributed by atoms with Crippen LogP contribution in [-0.2, 0) is 17.8 Å². The second-order valence-corrected chi connectivity index (χ2v) is 5.96. The van der Waals surface area contributed by atoms with Crippen molar-refractivity contribution in [3.8, 4) is 0 Å². The number of hydrogen-bond donors (Lipinski definition) is 1. The van der Waals surface area contributed by atoms with E-state index in [1.54, 1.807) is 30.8 Å². The van der Waals surface area contributed by atoms with Crippen molar-refractivity contribution in [1.82, 2.24) is 20.2 Å². The van der Waals surface area contributed by atoms with E-state index in [1.165, 1.54) is 0 Å². The van der Waals surface area contributed by atoms with Gasteiger partial charge in [-0.1, -0.05) is 0 Å². The molecule has 128 valence electrons. The number of alkyl halides is 1. The van der Waals surface area contributed by atoms with E-state index < -0.39 is 6.17 Å². The maximum absolute atomic E-state index is 13.8. The van der Waals surface area contributed by atoms with Gasteiger partial charge in [-0.3, -0.25) is 9.69 Å². The third kappa shape index (κ3) is 4.61. The number of rotatable bonds is 7. The van der Waals surface area contributed by atoms with Crippen LogP contribution in [0.2, 0.25) is 0 Å². The number of carbonyl (C=O) groups is 1. The summed E-state index contributed by atoms with van der Waals surface area (Å²) in [6.45, 7) is 1.28. The zero-order valence-corrected chi connectivity index (χ0v) is 13.4. The van der Waals surface area contributed by atoms with Crippen molar-refractivity contribution in [1.29, 1.82) is 0 Å². The number of likely N-dealkylation sites (tertiary alicyclic amines) is 1. The second-order valence-electron chi connectivity index (χ2n) is 5.96. The number of nitrogens with one attached hydrogen (secondary N) is 1. The Hall–Kier alpha value is -2.28. The molecule has 2 aromatic rings. The monoisotopic (exact) mass is 332 g/mol. The van der Waals surface area contributed by atoms with Crippen LogP contribution in [0.4, 0.5) is 4.39 Å². The van der Waals surface area contributed by atoms with E-state index >= 15 is 0 Å². The molecule has 1 fully saturated rings. The molecule has 0 unspecified atom stereocenters. The van der Waals surface area contributed by atoms with Crippen molar-refractivity contribution in [2.24, 2.45) is 0 Å². The summed E-state index contributed by atoms with van der Waals surface area (Å²) < 4.78 is 19.0. The number of aryl methyl sites for hydroxylation is 1. The van der Waals surface area contributed by atoms with Gasteiger partial charge in [0.2, 0.25) is 5.91 Å². The fourth-order valence-electron chi connectivity index (χ4n) is 2.93. The van der Waals surface area contributed by atoms with Crippen LogP contribution < -0.4 is 5.32 Å². The minimum atomic E-state index is -0.876. The number of amides is 1. The maximum Gasteiger partial charge on any atom is 0.220 e. The van der Waals surface area contributed by atoms with Crippen molar-refractivity contribution >= 4 is 5.91 Å². The van der Waals surface area contributed by atoms with E-state index in [9.17, 15) is 9.18 Å². The molecule has 3 rings (SSSR count). The molecule has 1 aliphatic heterocycles. The smallest absolute Gasteiger partial charge is 0.220 e. The van der Waals surface area contributed by atoms with E-state index in [0.29, 0.717) is 44.7 Å². The van der Waals surface area contributed by atoms with Gasteiger partial charge in [-0.2, -0.15) is 0 Å². The Kier molecular flexibility index (Phi) is 5.53. The fourth-order valence-corrected chi connectivity index (χ4v) is 2.93. The highest BCUT2D eigenvalue weighted by Gasteiger charge is 2.32. The Morgan fingerprint density at radius 2 is 2.21 bits per heavy atom. The van der Waals surface area contributed by atoms with Gasteiger partial charge in [-0.15, -0.1) is 0 Å². The Bertz CT molecular complexity index is 635. The molecule has 0 bridgehead atoms. The first-order valence-corrected chi connectivity index (χ1v) is 8.14. The third-order valence-electron chi connectivity index (χ3n) is 4.15. The quantitative estimate of drug-likeness (QED) is 0.836. The predicted molar refractivity (Wildman–Crippen MR) is 85.8 cm³/mol. The SMILES string of the molecule is O=C(CCc1ccco1)NC[C@@H]1C[C@H](F)CN1Cc1ncccn1. The second kappa shape index (κ2) is 8.01. The van der Waals surface area contributed by atoms with E-state index in [1.807, 2.05) is 11.0 Å². The lowest BCUT2D eigenvalue weighted by Gasteiger charge is -2.23. The number of aromatic nitrogens is 2. The Morgan fingerprint density at radius 1 is 1.38 bits per heavy atom. The first-order valence-electron chi connectivity index (χ1n) is 8.14. The molecule has 1 amide bonds. The average Bonchev–Trinajstić information content (AvgIpc) is 3.22. The van der Waals surface area contributed by atoms with E-state index in [-0.39, 0.29) is 11.9 Å². The van der Waals surface area contributed by atoms with Crippen LogP contribution in [0.5, 0.6) is 0 Å². The van der Waals surface area contributed by atoms with Gasteiger partial charge in [0.15, 0.2) is 0 Å². The van der Waals surface area contributed by atoms with Crippen LogP contribution >= 0.6 is 0 Å². The van der Waals surface area contributed by atoms with Gasteiger partial charge < -0.3 is 9.73 Å². The average molecular weight is 332 g/mol. The van der Waals surface area contributed by atoms with Gasteiger partial charge in [0.05, 0.1) is 12.8 Å². The third-order valence-corrected chi connectivity index (χ3v) is 4.15.